The standard InChI is InChI=1S/C10H9ClIN3S/c1-3-6-7(12)8(11)15-9(14-6)10-13-5(2)4-16-10/h4H,3H2,1-2H3. The van der Waals surface area contributed by atoms with Crippen molar-refractivity contribution in [3.63, 3.8) is 0 Å². The topological polar surface area (TPSA) is 38.7 Å². The van der Waals surface area contributed by atoms with Crippen LogP contribution in [0.3, 0.4) is 0 Å². The smallest absolute Gasteiger partial charge is 0.190 e. The summed E-state index contributed by atoms with van der Waals surface area (Å²) in [5.74, 6) is 0.625. The van der Waals surface area contributed by atoms with E-state index in [1.807, 2.05) is 12.3 Å². The van der Waals surface area contributed by atoms with Gasteiger partial charge in [0, 0.05) is 11.1 Å². The van der Waals surface area contributed by atoms with Crippen LogP contribution in [0.4, 0.5) is 0 Å². The first-order chi connectivity index (χ1) is 7.61. The molecule has 0 fully saturated rings. The van der Waals surface area contributed by atoms with Crippen LogP contribution in [0.15, 0.2) is 5.38 Å². The van der Waals surface area contributed by atoms with Gasteiger partial charge in [0.15, 0.2) is 10.8 Å². The van der Waals surface area contributed by atoms with Crippen molar-refractivity contribution < 1.29 is 0 Å². The fourth-order valence-corrected chi connectivity index (χ4v) is 2.79. The summed E-state index contributed by atoms with van der Waals surface area (Å²) in [5.41, 5.74) is 1.96. The molecule has 0 aliphatic heterocycles. The highest BCUT2D eigenvalue weighted by molar-refractivity contribution is 14.1. The number of halogens is 2. The van der Waals surface area contributed by atoms with E-state index in [0.29, 0.717) is 11.0 Å². The summed E-state index contributed by atoms with van der Waals surface area (Å²) in [7, 11) is 0. The molecule has 0 saturated heterocycles. The van der Waals surface area contributed by atoms with E-state index in [2.05, 4.69) is 44.5 Å². The maximum atomic E-state index is 6.07. The minimum atomic E-state index is 0.510. The van der Waals surface area contributed by atoms with Crippen LogP contribution >= 0.6 is 45.5 Å². The molecule has 0 atom stereocenters. The number of hydrogen-bond donors (Lipinski definition) is 0. The van der Waals surface area contributed by atoms with Gasteiger partial charge in [0.25, 0.3) is 0 Å². The van der Waals surface area contributed by atoms with Crippen molar-refractivity contribution in [1.82, 2.24) is 15.0 Å². The van der Waals surface area contributed by atoms with E-state index in [9.17, 15) is 0 Å². The van der Waals surface area contributed by atoms with Gasteiger partial charge < -0.3 is 0 Å². The predicted molar refractivity (Wildman–Crippen MR) is 75.0 cm³/mol. The average molecular weight is 366 g/mol. The zero-order valence-corrected chi connectivity index (χ0v) is 12.5. The Morgan fingerprint density at radius 1 is 1.38 bits per heavy atom. The number of aromatic nitrogens is 3. The van der Waals surface area contributed by atoms with E-state index in [-0.39, 0.29) is 0 Å². The van der Waals surface area contributed by atoms with Crippen LogP contribution < -0.4 is 0 Å². The maximum Gasteiger partial charge on any atom is 0.190 e. The summed E-state index contributed by atoms with van der Waals surface area (Å²) in [4.78, 5) is 13.1. The second kappa shape index (κ2) is 4.93. The van der Waals surface area contributed by atoms with Crippen molar-refractivity contribution in [2.75, 3.05) is 0 Å². The van der Waals surface area contributed by atoms with Gasteiger partial charge in [0.2, 0.25) is 0 Å². The molecule has 0 aliphatic carbocycles. The summed E-state index contributed by atoms with van der Waals surface area (Å²) in [6.07, 6.45) is 0.845. The maximum absolute atomic E-state index is 6.07. The molecular weight excluding hydrogens is 357 g/mol. The zero-order chi connectivity index (χ0) is 11.7. The zero-order valence-electron chi connectivity index (χ0n) is 8.79. The monoisotopic (exact) mass is 365 g/mol. The Hall–Kier alpha value is -0.270. The number of hydrogen-bond acceptors (Lipinski definition) is 4. The molecule has 0 amide bonds. The van der Waals surface area contributed by atoms with Gasteiger partial charge in [-0.1, -0.05) is 18.5 Å². The summed E-state index contributed by atoms with van der Waals surface area (Å²) in [6, 6.07) is 0. The minimum absolute atomic E-state index is 0.510. The van der Waals surface area contributed by atoms with Crippen LogP contribution in [0.5, 0.6) is 0 Å². The number of aryl methyl sites for hydroxylation is 2. The van der Waals surface area contributed by atoms with Crippen molar-refractivity contribution in [3.8, 4) is 10.8 Å². The van der Waals surface area contributed by atoms with Crippen molar-refractivity contribution in [2.45, 2.75) is 20.3 Å². The van der Waals surface area contributed by atoms with Crippen LogP contribution in [0.25, 0.3) is 10.8 Å². The van der Waals surface area contributed by atoms with Crippen LogP contribution in [0.2, 0.25) is 5.15 Å². The van der Waals surface area contributed by atoms with Crippen molar-refractivity contribution in [1.29, 1.82) is 0 Å². The molecule has 84 valence electrons. The second-order valence-electron chi connectivity index (χ2n) is 3.25. The van der Waals surface area contributed by atoms with E-state index in [1.54, 1.807) is 0 Å². The quantitative estimate of drug-likeness (QED) is 0.601. The third-order valence-electron chi connectivity index (χ3n) is 2.02. The molecule has 0 aliphatic rings. The first-order valence-electron chi connectivity index (χ1n) is 4.76. The Morgan fingerprint density at radius 2 is 2.12 bits per heavy atom. The highest BCUT2D eigenvalue weighted by Gasteiger charge is 2.12. The highest BCUT2D eigenvalue weighted by atomic mass is 127. The molecule has 0 radical (unpaired) electrons. The van der Waals surface area contributed by atoms with Gasteiger partial charge in [-0.15, -0.1) is 11.3 Å². The number of thiazole rings is 1. The molecule has 0 spiro atoms. The Morgan fingerprint density at radius 3 is 2.69 bits per heavy atom. The summed E-state index contributed by atoms with van der Waals surface area (Å²) in [6.45, 7) is 4.01. The highest BCUT2D eigenvalue weighted by Crippen LogP contribution is 2.26. The summed E-state index contributed by atoms with van der Waals surface area (Å²) < 4.78 is 0.929. The molecule has 2 aromatic heterocycles. The molecule has 0 unspecified atom stereocenters. The summed E-state index contributed by atoms with van der Waals surface area (Å²) in [5, 5.41) is 3.32. The Labute approximate surface area is 116 Å². The van der Waals surface area contributed by atoms with Gasteiger partial charge in [-0.3, -0.25) is 0 Å². The third-order valence-corrected chi connectivity index (χ3v) is 4.71. The van der Waals surface area contributed by atoms with Crippen molar-refractivity contribution in [3.05, 3.63) is 25.5 Å². The molecule has 2 heterocycles. The van der Waals surface area contributed by atoms with Crippen molar-refractivity contribution in [2.24, 2.45) is 0 Å². The fraction of sp³-hybridized carbons (Fsp3) is 0.300. The minimum Gasteiger partial charge on any atom is -0.238 e. The Kier molecular flexibility index (Phi) is 3.76. The lowest BCUT2D eigenvalue weighted by Crippen LogP contribution is -1.99. The van der Waals surface area contributed by atoms with Gasteiger partial charge in [0.1, 0.15) is 5.15 Å². The number of rotatable bonds is 2. The van der Waals surface area contributed by atoms with Crippen LogP contribution in [-0.2, 0) is 6.42 Å². The fourth-order valence-electron chi connectivity index (χ4n) is 1.25. The first-order valence-corrected chi connectivity index (χ1v) is 7.10. The lowest BCUT2D eigenvalue weighted by atomic mass is 10.3. The lowest BCUT2D eigenvalue weighted by Gasteiger charge is -2.04. The van der Waals surface area contributed by atoms with E-state index in [0.717, 1.165) is 26.4 Å². The van der Waals surface area contributed by atoms with Crippen LogP contribution in [0.1, 0.15) is 18.3 Å². The van der Waals surface area contributed by atoms with E-state index < -0.39 is 0 Å². The van der Waals surface area contributed by atoms with Gasteiger partial charge in [-0.25, -0.2) is 15.0 Å². The van der Waals surface area contributed by atoms with Crippen molar-refractivity contribution >= 4 is 45.5 Å². The Bertz CT molecular complexity index is 527. The SMILES string of the molecule is CCc1nc(-c2nc(C)cs2)nc(Cl)c1I. The van der Waals surface area contributed by atoms with Gasteiger partial charge in [-0.2, -0.15) is 0 Å². The number of nitrogens with zero attached hydrogens (tertiary/aromatic N) is 3. The third kappa shape index (κ3) is 2.36. The van der Waals surface area contributed by atoms with E-state index >= 15 is 0 Å². The normalized spacial score (nSPS) is 10.8. The predicted octanol–water partition coefficient (Wildman–Crippen LogP) is 3.73. The van der Waals surface area contributed by atoms with Gasteiger partial charge in [0.05, 0.1) is 9.26 Å². The molecule has 16 heavy (non-hydrogen) atoms. The second-order valence-corrected chi connectivity index (χ2v) is 5.54. The molecule has 2 rings (SSSR count). The first kappa shape index (κ1) is 12.2. The molecule has 2 aromatic rings. The van der Waals surface area contributed by atoms with Gasteiger partial charge >= 0.3 is 0 Å². The molecule has 0 saturated carbocycles. The van der Waals surface area contributed by atoms with Crippen LogP contribution in [0, 0.1) is 10.5 Å². The molecule has 0 N–H and O–H groups in total. The molecule has 3 nitrogen and oxygen atoms in total. The van der Waals surface area contributed by atoms with E-state index in [1.165, 1.54) is 11.3 Å². The molecule has 0 aromatic carbocycles. The van der Waals surface area contributed by atoms with E-state index in [4.69, 9.17) is 11.6 Å². The largest absolute Gasteiger partial charge is 0.238 e. The van der Waals surface area contributed by atoms with Gasteiger partial charge in [-0.05, 0) is 35.9 Å². The summed E-state index contributed by atoms with van der Waals surface area (Å²) >= 11 is 9.78. The molecule has 6 heteroatoms. The Balaban J connectivity index is 2.54. The van der Waals surface area contributed by atoms with Crippen LogP contribution in [-0.4, -0.2) is 15.0 Å². The lowest BCUT2D eigenvalue weighted by molar-refractivity contribution is 0.986. The molecule has 0 bridgehead atoms. The molecular formula is C10H9ClIN3S. The average Bonchev–Trinajstić information content (AvgIpc) is 2.69.